The molecular formula is C13H17NO2. The number of ether oxygens (including phenoxy) is 1. The third kappa shape index (κ3) is 2.18. The Morgan fingerprint density at radius 2 is 2.12 bits per heavy atom. The maximum atomic E-state index is 11.7. The highest BCUT2D eigenvalue weighted by Crippen LogP contribution is 2.25. The molecule has 1 unspecified atom stereocenters. The number of rotatable bonds is 4. The van der Waals surface area contributed by atoms with Crippen LogP contribution in [0.25, 0.3) is 0 Å². The first-order valence-electron chi connectivity index (χ1n) is 5.84. The third-order valence-electron chi connectivity index (χ3n) is 2.89. The topological polar surface area (TPSA) is 29.5 Å². The molecule has 0 aliphatic carbocycles. The number of benzene rings is 1. The summed E-state index contributed by atoms with van der Waals surface area (Å²) in [7, 11) is 0. The van der Waals surface area contributed by atoms with Crippen LogP contribution in [0.1, 0.15) is 26.2 Å². The van der Waals surface area contributed by atoms with Gasteiger partial charge in [0.1, 0.15) is 6.61 Å². The smallest absolute Gasteiger partial charge is 0.414 e. The predicted octanol–water partition coefficient (Wildman–Crippen LogP) is 3.20. The molecule has 1 amide bonds. The fraction of sp³-hybridized carbons (Fsp3) is 0.462. The van der Waals surface area contributed by atoms with E-state index < -0.39 is 0 Å². The molecule has 0 bridgehead atoms. The average Bonchev–Trinajstić information content (AvgIpc) is 2.69. The summed E-state index contributed by atoms with van der Waals surface area (Å²) in [6, 6.07) is 9.94. The van der Waals surface area contributed by atoms with Crippen LogP contribution in [0, 0.1) is 0 Å². The van der Waals surface area contributed by atoms with Gasteiger partial charge in [-0.05, 0) is 18.6 Å². The van der Waals surface area contributed by atoms with Crippen LogP contribution in [0.3, 0.4) is 0 Å². The summed E-state index contributed by atoms with van der Waals surface area (Å²) in [5.41, 5.74) is 0.936. The van der Waals surface area contributed by atoms with Gasteiger partial charge in [0.15, 0.2) is 0 Å². The molecular weight excluding hydrogens is 202 g/mol. The van der Waals surface area contributed by atoms with E-state index in [1.54, 1.807) is 4.90 Å². The van der Waals surface area contributed by atoms with Gasteiger partial charge in [-0.3, -0.25) is 4.90 Å². The fourth-order valence-electron chi connectivity index (χ4n) is 2.02. The summed E-state index contributed by atoms with van der Waals surface area (Å²) in [6.45, 7) is 2.68. The Balaban J connectivity index is 2.13. The number of amides is 1. The molecule has 1 aliphatic rings. The Bertz CT molecular complexity index is 350. The normalized spacial score (nSPS) is 19.9. The molecule has 0 radical (unpaired) electrons. The molecule has 1 aliphatic heterocycles. The van der Waals surface area contributed by atoms with Gasteiger partial charge < -0.3 is 4.74 Å². The van der Waals surface area contributed by atoms with E-state index in [2.05, 4.69) is 6.92 Å². The molecule has 86 valence electrons. The zero-order valence-electron chi connectivity index (χ0n) is 9.56. The van der Waals surface area contributed by atoms with Gasteiger partial charge in [-0.15, -0.1) is 0 Å². The van der Waals surface area contributed by atoms with E-state index in [0.717, 1.165) is 24.9 Å². The van der Waals surface area contributed by atoms with Crippen LogP contribution >= 0.6 is 0 Å². The van der Waals surface area contributed by atoms with Gasteiger partial charge in [0.25, 0.3) is 0 Å². The molecule has 16 heavy (non-hydrogen) atoms. The van der Waals surface area contributed by atoms with Crippen LogP contribution in [0.15, 0.2) is 30.3 Å². The lowest BCUT2D eigenvalue weighted by Crippen LogP contribution is -2.33. The maximum Gasteiger partial charge on any atom is 0.414 e. The van der Waals surface area contributed by atoms with E-state index in [0.29, 0.717) is 6.61 Å². The van der Waals surface area contributed by atoms with E-state index in [-0.39, 0.29) is 12.1 Å². The summed E-state index contributed by atoms with van der Waals surface area (Å²) in [5, 5.41) is 0. The molecule has 1 saturated heterocycles. The minimum atomic E-state index is -0.215. The largest absolute Gasteiger partial charge is 0.447 e. The number of anilines is 1. The van der Waals surface area contributed by atoms with Crippen molar-refractivity contribution in [2.45, 2.75) is 32.2 Å². The van der Waals surface area contributed by atoms with Crippen LogP contribution in [0.5, 0.6) is 0 Å². The number of cyclic esters (lactones) is 1. The van der Waals surface area contributed by atoms with Gasteiger partial charge in [-0.1, -0.05) is 38.0 Å². The lowest BCUT2D eigenvalue weighted by molar-refractivity contribution is 0.178. The molecule has 1 heterocycles. The number of unbranched alkanes of at least 4 members (excludes halogenated alkanes) is 1. The Morgan fingerprint density at radius 1 is 1.38 bits per heavy atom. The quantitative estimate of drug-likeness (QED) is 0.778. The highest BCUT2D eigenvalue weighted by Gasteiger charge is 2.33. The van der Waals surface area contributed by atoms with Crippen molar-refractivity contribution < 1.29 is 9.53 Å². The van der Waals surface area contributed by atoms with Gasteiger partial charge in [-0.25, -0.2) is 4.79 Å². The van der Waals surface area contributed by atoms with E-state index in [1.165, 1.54) is 0 Å². The second kappa shape index (κ2) is 5.01. The fourth-order valence-corrected chi connectivity index (χ4v) is 2.02. The van der Waals surface area contributed by atoms with E-state index >= 15 is 0 Å². The van der Waals surface area contributed by atoms with Crippen LogP contribution in [-0.2, 0) is 4.74 Å². The van der Waals surface area contributed by atoms with Crippen LogP contribution < -0.4 is 4.90 Å². The van der Waals surface area contributed by atoms with E-state index in [4.69, 9.17) is 4.74 Å². The van der Waals surface area contributed by atoms with Crippen molar-refractivity contribution in [1.82, 2.24) is 0 Å². The summed E-state index contributed by atoms with van der Waals surface area (Å²) in [6.07, 6.45) is 3.07. The number of nitrogens with zero attached hydrogens (tertiary/aromatic N) is 1. The van der Waals surface area contributed by atoms with Gasteiger partial charge in [-0.2, -0.15) is 0 Å². The number of para-hydroxylation sites is 1. The number of hydrogen-bond acceptors (Lipinski definition) is 2. The van der Waals surface area contributed by atoms with E-state index in [9.17, 15) is 4.79 Å². The van der Waals surface area contributed by atoms with Crippen molar-refractivity contribution in [3.8, 4) is 0 Å². The SMILES string of the molecule is CCCCC1COC(=O)N1c1ccccc1. The average molecular weight is 219 g/mol. The molecule has 2 rings (SSSR count). The molecule has 0 saturated carbocycles. The summed E-state index contributed by atoms with van der Waals surface area (Å²) < 4.78 is 5.12. The minimum Gasteiger partial charge on any atom is -0.447 e. The van der Waals surface area contributed by atoms with Gasteiger partial charge in [0.2, 0.25) is 0 Å². The lowest BCUT2D eigenvalue weighted by atomic mass is 10.1. The lowest BCUT2D eigenvalue weighted by Gasteiger charge is -2.21. The van der Waals surface area contributed by atoms with Crippen molar-refractivity contribution >= 4 is 11.8 Å². The zero-order valence-corrected chi connectivity index (χ0v) is 9.56. The van der Waals surface area contributed by atoms with Gasteiger partial charge >= 0.3 is 6.09 Å². The maximum absolute atomic E-state index is 11.7. The summed E-state index contributed by atoms with van der Waals surface area (Å²) >= 11 is 0. The van der Waals surface area contributed by atoms with Gasteiger partial charge in [0, 0.05) is 5.69 Å². The predicted molar refractivity (Wildman–Crippen MR) is 63.6 cm³/mol. The minimum absolute atomic E-state index is 0.204. The molecule has 1 aromatic carbocycles. The van der Waals surface area contributed by atoms with Crippen molar-refractivity contribution in [3.63, 3.8) is 0 Å². The standard InChI is InChI=1S/C13H17NO2/c1-2-3-7-12-10-16-13(15)14(12)11-8-5-4-6-9-11/h4-6,8-9,12H,2-3,7,10H2,1H3. The van der Waals surface area contributed by atoms with Crippen molar-refractivity contribution in [2.24, 2.45) is 0 Å². The van der Waals surface area contributed by atoms with Crippen molar-refractivity contribution in [3.05, 3.63) is 30.3 Å². The molecule has 3 nitrogen and oxygen atoms in total. The first-order chi connectivity index (χ1) is 7.83. The van der Waals surface area contributed by atoms with Crippen LogP contribution in [0.4, 0.5) is 10.5 Å². The van der Waals surface area contributed by atoms with Gasteiger partial charge in [0.05, 0.1) is 6.04 Å². The summed E-state index contributed by atoms with van der Waals surface area (Å²) in [5.74, 6) is 0. The number of carbonyl (C=O) groups excluding carboxylic acids is 1. The summed E-state index contributed by atoms with van der Waals surface area (Å²) in [4.78, 5) is 13.4. The second-order valence-electron chi connectivity index (χ2n) is 4.08. The highest BCUT2D eigenvalue weighted by molar-refractivity contribution is 5.90. The Kier molecular flexibility index (Phi) is 3.44. The Morgan fingerprint density at radius 3 is 2.81 bits per heavy atom. The molecule has 3 heteroatoms. The molecule has 1 atom stereocenters. The Hall–Kier alpha value is -1.51. The van der Waals surface area contributed by atoms with Crippen LogP contribution in [0.2, 0.25) is 0 Å². The molecule has 0 spiro atoms. The van der Waals surface area contributed by atoms with Crippen molar-refractivity contribution in [2.75, 3.05) is 11.5 Å². The number of hydrogen-bond donors (Lipinski definition) is 0. The third-order valence-corrected chi connectivity index (χ3v) is 2.89. The monoisotopic (exact) mass is 219 g/mol. The Labute approximate surface area is 96.0 Å². The molecule has 1 aromatic rings. The first-order valence-corrected chi connectivity index (χ1v) is 5.84. The first kappa shape index (κ1) is 11.0. The number of carbonyl (C=O) groups is 1. The highest BCUT2D eigenvalue weighted by atomic mass is 16.6. The van der Waals surface area contributed by atoms with E-state index in [1.807, 2.05) is 30.3 Å². The molecule has 0 N–H and O–H groups in total. The van der Waals surface area contributed by atoms with Crippen molar-refractivity contribution in [1.29, 1.82) is 0 Å². The molecule has 1 fully saturated rings. The molecule has 0 aromatic heterocycles. The zero-order chi connectivity index (χ0) is 11.4. The van der Waals surface area contributed by atoms with Crippen LogP contribution in [-0.4, -0.2) is 18.7 Å². The second-order valence-corrected chi connectivity index (χ2v) is 4.08.